The highest BCUT2D eigenvalue weighted by atomic mass is 19.4. The van der Waals surface area contributed by atoms with Gasteiger partial charge in [-0.15, -0.1) is 0 Å². The van der Waals surface area contributed by atoms with Gasteiger partial charge in [0.05, 0.1) is 48.2 Å². The highest BCUT2D eigenvalue weighted by Gasteiger charge is 2.47. The van der Waals surface area contributed by atoms with Crippen molar-refractivity contribution in [2.75, 3.05) is 64.4 Å². The lowest BCUT2D eigenvalue weighted by molar-refractivity contribution is -0.252. The molecule has 2 bridgehead atoms. The largest absolute Gasteiger partial charge is 0.491 e. The Balaban J connectivity index is 1.02. The molecule has 8 rings (SSSR count). The zero-order chi connectivity index (χ0) is 32.7. The van der Waals surface area contributed by atoms with Crippen molar-refractivity contribution in [2.45, 2.75) is 24.8 Å². The molecular formula is C32H32F3N9O3. The van der Waals surface area contributed by atoms with Crippen molar-refractivity contribution in [3.8, 4) is 28.8 Å². The number of halogens is 3. The zero-order valence-corrected chi connectivity index (χ0v) is 25.6. The second-order valence-electron chi connectivity index (χ2n) is 11.9. The molecule has 4 aromatic heterocycles. The van der Waals surface area contributed by atoms with Crippen LogP contribution in [-0.2, 0) is 0 Å². The van der Waals surface area contributed by atoms with E-state index in [1.165, 1.54) is 13.3 Å². The molecule has 4 aliphatic heterocycles. The van der Waals surface area contributed by atoms with E-state index in [9.17, 15) is 23.2 Å². The second kappa shape index (κ2) is 12.3. The van der Waals surface area contributed by atoms with Crippen LogP contribution in [0.3, 0.4) is 0 Å². The molecule has 47 heavy (non-hydrogen) atoms. The first kappa shape index (κ1) is 30.7. The van der Waals surface area contributed by atoms with E-state index in [1.807, 2.05) is 28.0 Å². The van der Waals surface area contributed by atoms with Gasteiger partial charge in [-0.2, -0.15) is 23.5 Å². The number of methoxy groups -OCH3 is 1. The monoisotopic (exact) mass is 647 g/mol. The molecule has 0 radical (unpaired) electrons. The molecule has 0 aromatic carbocycles. The van der Waals surface area contributed by atoms with Gasteiger partial charge < -0.3 is 19.3 Å². The van der Waals surface area contributed by atoms with Crippen LogP contribution < -0.4 is 14.4 Å². The summed E-state index contributed by atoms with van der Waals surface area (Å²) in [6.07, 6.45) is 3.13. The zero-order valence-electron chi connectivity index (χ0n) is 25.6. The lowest BCUT2D eigenvalue weighted by atomic mass is 9.86. The summed E-state index contributed by atoms with van der Waals surface area (Å²) in [6.45, 7) is 2.58. The van der Waals surface area contributed by atoms with E-state index < -0.39 is 6.30 Å². The van der Waals surface area contributed by atoms with E-state index in [1.54, 1.807) is 35.2 Å². The predicted octanol–water partition coefficient (Wildman–Crippen LogP) is 3.29. The minimum Gasteiger partial charge on any atom is -0.491 e. The summed E-state index contributed by atoms with van der Waals surface area (Å²) < 4.78 is 51.6. The molecule has 0 spiro atoms. The van der Waals surface area contributed by atoms with Gasteiger partial charge in [0.25, 0.3) is 5.91 Å². The van der Waals surface area contributed by atoms with Crippen LogP contribution in [0.25, 0.3) is 16.6 Å². The fourth-order valence-electron chi connectivity index (χ4n) is 6.63. The Bertz CT molecular complexity index is 1790. The number of carbonyl (C=O) groups is 1. The van der Waals surface area contributed by atoms with E-state index in [0.717, 1.165) is 23.4 Å². The van der Waals surface area contributed by atoms with Crippen LogP contribution in [0.15, 0.2) is 55.1 Å². The highest BCUT2D eigenvalue weighted by molar-refractivity contribution is 5.95. The number of rotatable bonds is 8. The maximum Gasteiger partial charge on any atom is 0.460 e. The van der Waals surface area contributed by atoms with Crippen LogP contribution in [-0.4, -0.2) is 118 Å². The van der Waals surface area contributed by atoms with Gasteiger partial charge in [-0.05, 0) is 30.7 Å². The summed E-state index contributed by atoms with van der Waals surface area (Å²) in [6, 6.07) is 11.5. The number of amides is 1. The molecular weight excluding hydrogens is 615 g/mol. The first-order valence-electron chi connectivity index (χ1n) is 15.3. The number of carbonyl (C=O) groups excluding carboxylic acids is 1. The number of piperidine rings is 1. The molecule has 0 saturated carbocycles. The maximum absolute atomic E-state index is 13.2. The normalized spacial score (nSPS) is 20.1. The Morgan fingerprint density at radius 2 is 1.83 bits per heavy atom. The van der Waals surface area contributed by atoms with Gasteiger partial charge in [0.15, 0.2) is 0 Å². The third-order valence-electron chi connectivity index (χ3n) is 9.12. The Kier molecular flexibility index (Phi) is 8.06. The summed E-state index contributed by atoms with van der Waals surface area (Å²) in [4.78, 5) is 28.7. The van der Waals surface area contributed by atoms with Gasteiger partial charge >= 0.3 is 6.30 Å². The third-order valence-corrected chi connectivity index (χ3v) is 9.12. The van der Waals surface area contributed by atoms with Crippen LogP contribution >= 0.6 is 0 Å². The van der Waals surface area contributed by atoms with Gasteiger partial charge in [0.1, 0.15) is 24.2 Å². The van der Waals surface area contributed by atoms with Crippen LogP contribution in [0.1, 0.15) is 22.3 Å². The molecule has 4 saturated heterocycles. The number of pyridine rings is 3. The topological polar surface area (TPSA) is 115 Å². The molecule has 12 nitrogen and oxygen atoms in total. The van der Waals surface area contributed by atoms with E-state index in [4.69, 9.17) is 14.5 Å². The van der Waals surface area contributed by atoms with Crippen molar-refractivity contribution in [3.05, 3.63) is 66.2 Å². The van der Waals surface area contributed by atoms with Crippen LogP contribution in [0, 0.1) is 11.3 Å². The van der Waals surface area contributed by atoms with Gasteiger partial charge in [-0.3, -0.25) is 9.69 Å². The Morgan fingerprint density at radius 3 is 2.47 bits per heavy atom. The molecule has 8 heterocycles. The number of anilines is 1. The van der Waals surface area contributed by atoms with Crippen LogP contribution in [0.4, 0.5) is 19.0 Å². The molecule has 2 unspecified atom stereocenters. The second-order valence-corrected chi connectivity index (χ2v) is 11.9. The molecule has 1 amide bonds. The predicted molar refractivity (Wildman–Crippen MR) is 164 cm³/mol. The number of fused-ring (bicyclic) bond motifs is 3. The fraction of sp³-hybridized carbons (Fsp3) is 0.406. The van der Waals surface area contributed by atoms with Gasteiger partial charge in [0, 0.05) is 75.4 Å². The summed E-state index contributed by atoms with van der Waals surface area (Å²) in [5, 5.41) is 14.1. The molecule has 4 fully saturated rings. The molecule has 2 atom stereocenters. The SMILES string of the molecule is COc1ccc(C(=O)N2C3CC2CN(c2ccc(-c4cc(OCCN5CCN(C(F)(F)F)CC5)cn5ncc(C#N)c45)cn2)C3)cn1. The van der Waals surface area contributed by atoms with Gasteiger partial charge in [-0.25, -0.2) is 19.4 Å². The number of hydrogen-bond acceptors (Lipinski definition) is 10. The first-order chi connectivity index (χ1) is 22.7. The quantitative estimate of drug-likeness (QED) is 0.264. The third kappa shape index (κ3) is 6.01. The van der Waals surface area contributed by atoms with E-state index >= 15 is 0 Å². The molecule has 0 aliphatic carbocycles. The molecule has 15 heteroatoms. The Labute approximate surface area is 268 Å². The number of piperazine rings is 2. The number of alkyl halides is 3. The number of nitriles is 1. The minimum absolute atomic E-state index is 0.0337. The average molecular weight is 648 g/mol. The summed E-state index contributed by atoms with van der Waals surface area (Å²) in [5.41, 5.74) is 3.07. The van der Waals surface area contributed by atoms with Crippen molar-refractivity contribution in [1.29, 1.82) is 5.26 Å². The smallest absolute Gasteiger partial charge is 0.460 e. The van der Waals surface area contributed by atoms with E-state index in [0.29, 0.717) is 65.9 Å². The fourth-order valence-corrected chi connectivity index (χ4v) is 6.63. The van der Waals surface area contributed by atoms with Crippen LogP contribution in [0.2, 0.25) is 0 Å². The number of ether oxygens (including phenoxy) is 2. The first-order valence-corrected chi connectivity index (χ1v) is 15.3. The van der Waals surface area contributed by atoms with E-state index in [-0.39, 0.29) is 37.7 Å². The standard InChI is InChI=1S/C32H32F3N9O3/c1-46-29-5-3-22(16-38-29)31(45)44-24-12-25(44)19-41(18-24)28-4-2-21(15-37-28)27-13-26(20-43-30(27)23(14-36)17-39-43)47-11-10-40-6-8-42(9-7-40)32(33,34)35/h2-5,13,15-17,20,24-25H,6-12,18-19H2,1H3. The summed E-state index contributed by atoms with van der Waals surface area (Å²) in [7, 11) is 1.54. The lowest BCUT2D eigenvalue weighted by Crippen LogP contribution is -2.70. The number of hydrogen-bond donors (Lipinski definition) is 0. The highest BCUT2D eigenvalue weighted by Crippen LogP contribution is 2.37. The maximum atomic E-state index is 13.2. The summed E-state index contributed by atoms with van der Waals surface area (Å²) >= 11 is 0. The van der Waals surface area contributed by atoms with Crippen molar-refractivity contribution in [2.24, 2.45) is 0 Å². The Morgan fingerprint density at radius 1 is 1.04 bits per heavy atom. The Hall–Kier alpha value is -4.94. The molecule has 244 valence electrons. The number of nitrogens with zero attached hydrogens (tertiary/aromatic N) is 9. The van der Waals surface area contributed by atoms with E-state index in [2.05, 4.69) is 21.1 Å². The molecule has 4 aliphatic rings. The van der Waals surface area contributed by atoms with Crippen molar-refractivity contribution in [3.63, 3.8) is 0 Å². The minimum atomic E-state index is -4.31. The lowest BCUT2D eigenvalue weighted by Gasteiger charge is -2.56. The van der Waals surface area contributed by atoms with Crippen molar-refractivity contribution < 1.29 is 27.4 Å². The number of aromatic nitrogens is 4. The van der Waals surface area contributed by atoms with Gasteiger partial charge in [0.2, 0.25) is 5.88 Å². The molecule has 4 aromatic rings. The van der Waals surface area contributed by atoms with Crippen LogP contribution in [0.5, 0.6) is 11.6 Å². The van der Waals surface area contributed by atoms with Crippen molar-refractivity contribution >= 4 is 17.2 Å². The van der Waals surface area contributed by atoms with Crippen molar-refractivity contribution in [1.82, 2.24) is 34.3 Å². The average Bonchev–Trinajstić information content (AvgIpc) is 3.51. The summed E-state index contributed by atoms with van der Waals surface area (Å²) in [5.74, 6) is 1.74. The molecule has 0 N–H and O–H groups in total. The van der Waals surface area contributed by atoms with Gasteiger partial charge in [-0.1, -0.05) is 0 Å².